The largest absolute Gasteiger partial charge is 0.457 e. The molecule has 0 saturated carbocycles. The number of rotatable bonds is 3. The summed E-state index contributed by atoms with van der Waals surface area (Å²) in [6.45, 7) is -0.188. The van der Waals surface area contributed by atoms with E-state index in [1.165, 1.54) is 11.2 Å². The normalized spacial score (nSPS) is 15.5. The fourth-order valence-corrected chi connectivity index (χ4v) is 3.91. The van der Waals surface area contributed by atoms with Gasteiger partial charge in [-0.3, -0.25) is 14.5 Å². The Morgan fingerprint density at radius 2 is 1.66 bits per heavy atom. The number of amides is 1. The van der Waals surface area contributed by atoms with E-state index >= 15 is 0 Å². The van der Waals surface area contributed by atoms with E-state index in [1.54, 1.807) is 36.4 Å². The van der Waals surface area contributed by atoms with Crippen LogP contribution in [0.25, 0.3) is 0 Å². The molecule has 0 aromatic heterocycles. The number of carbonyl (C=O) groups is 2. The van der Waals surface area contributed by atoms with Gasteiger partial charge < -0.3 is 14.8 Å². The van der Waals surface area contributed by atoms with Crippen molar-refractivity contribution in [3.8, 4) is 17.6 Å². The minimum Gasteiger partial charge on any atom is -0.457 e. The predicted octanol–water partition coefficient (Wildman–Crippen LogP) is 4.36. The number of hydrogen-bond acceptors (Lipinski definition) is 6. The minimum absolute atomic E-state index is 0.188. The Labute approximate surface area is 184 Å². The minimum atomic E-state index is -0.691. The van der Waals surface area contributed by atoms with E-state index in [4.69, 9.17) is 9.47 Å². The lowest BCUT2D eigenvalue weighted by molar-refractivity contribution is -0.139. The predicted molar refractivity (Wildman–Crippen MR) is 116 cm³/mol. The molecule has 7 heteroatoms. The molecule has 0 unspecified atom stereocenters. The Morgan fingerprint density at radius 1 is 1.03 bits per heavy atom. The third-order valence-corrected chi connectivity index (χ3v) is 5.39. The smallest absolute Gasteiger partial charge is 0.323 e. The number of para-hydroxylation sites is 3. The van der Waals surface area contributed by atoms with E-state index in [1.807, 2.05) is 42.5 Å². The number of nitrogens with one attached hydrogen (secondary N) is 1. The van der Waals surface area contributed by atoms with E-state index in [0.717, 1.165) is 0 Å². The van der Waals surface area contributed by atoms with Gasteiger partial charge in [0.1, 0.15) is 30.2 Å². The van der Waals surface area contributed by atoms with Gasteiger partial charge in [0, 0.05) is 11.1 Å². The Hall–Kier alpha value is -4.57. The van der Waals surface area contributed by atoms with Gasteiger partial charge in [-0.2, -0.15) is 5.26 Å². The molecular formula is C25H17N3O4. The fourth-order valence-electron chi connectivity index (χ4n) is 3.91. The summed E-state index contributed by atoms with van der Waals surface area (Å²) in [5, 5.41) is 12.3. The van der Waals surface area contributed by atoms with Gasteiger partial charge in [-0.25, -0.2) is 0 Å². The first-order chi connectivity index (χ1) is 15.7. The summed E-state index contributed by atoms with van der Waals surface area (Å²) in [5.41, 5.74) is 2.41. The topological polar surface area (TPSA) is 91.7 Å². The van der Waals surface area contributed by atoms with E-state index in [-0.39, 0.29) is 18.3 Å². The van der Waals surface area contributed by atoms with Crippen molar-refractivity contribution in [2.45, 2.75) is 5.92 Å². The first kappa shape index (κ1) is 19.4. The highest BCUT2D eigenvalue weighted by Gasteiger charge is 2.34. The van der Waals surface area contributed by atoms with Crippen molar-refractivity contribution in [1.82, 2.24) is 4.90 Å². The molecule has 2 heterocycles. The van der Waals surface area contributed by atoms with E-state index in [9.17, 15) is 14.9 Å². The zero-order valence-corrected chi connectivity index (χ0v) is 16.8. The SMILES string of the molecule is N#CCN1C(=O)c2ccccc2N/C1=C/OC(=O)C1c2ccccc2Oc2ccccc21. The second-order valence-corrected chi connectivity index (χ2v) is 7.27. The van der Waals surface area contributed by atoms with Crippen LogP contribution in [-0.4, -0.2) is 23.3 Å². The number of nitrogens with zero attached hydrogens (tertiary/aromatic N) is 2. The van der Waals surface area contributed by atoms with Crippen LogP contribution >= 0.6 is 0 Å². The Morgan fingerprint density at radius 3 is 2.34 bits per heavy atom. The van der Waals surface area contributed by atoms with Gasteiger partial charge in [0.2, 0.25) is 0 Å². The second-order valence-electron chi connectivity index (χ2n) is 7.27. The third kappa shape index (κ3) is 3.24. The summed E-state index contributed by atoms with van der Waals surface area (Å²) >= 11 is 0. The molecule has 1 N–H and O–H groups in total. The Balaban J connectivity index is 1.48. The molecule has 156 valence electrons. The summed E-state index contributed by atoms with van der Waals surface area (Å²) in [5.74, 6) is -0.157. The number of fused-ring (bicyclic) bond motifs is 3. The highest BCUT2D eigenvalue weighted by Crippen LogP contribution is 2.44. The van der Waals surface area contributed by atoms with E-state index in [0.29, 0.717) is 33.9 Å². The standard InChI is InChI=1S/C25H17N3O4/c26-13-14-28-22(27-19-10-4-1-7-16(19)24(28)29)15-31-25(30)23-17-8-2-5-11-20(17)32-21-12-6-3-9-18(21)23/h1-12,15,23,27H,14H2/b22-15-. The summed E-state index contributed by atoms with van der Waals surface area (Å²) < 4.78 is 11.5. The van der Waals surface area contributed by atoms with Crippen LogP contribution < -0.4 is 10.1 Å². The maximum absolute atomic E-state index is 13.2. The van der Waals surface area contributed by atoms with Crippen LogP contribution in [-0.2, 0) is 9.53 Å². The molecule has 1 amide bonds. The average molecular weight is 423 g/mol. The van der Waals surface area contributed by atoms with Crippen LogP contribution in [0, 0.1) is 11.3 Å². The van der Waals surface area contributed by atoms with Gasteiger partial charge in [0.05, 0.1) is 17.3 Å². The lowest BCUT2D eigenvalue weighted by Gasteiger charge is -2.30. The summed E-state index contributed by atoms with van der Waals surface area (Å²) in [7, 11) is 0. The molecule has 0 saturated heterocycles. The van der Waals surface area contributed by atoms with Crippen molar-refractivity contribution in [2.75, 3.05) is 11.9 Å². The number of carbonyl (C=O) groups excluding carboxylic acids is 2. The highest BCUT2D eigenvalue weighted by atomic mass is 16.5. The maximum atomic E-state index is 13.2. The van der Waals surface area contributed by atoms with Crippen LogP contribution in [0.4, 0.5) is 5.69 Å². The zero-order chi connectivity index (χ0) is 22.1. The molecule has 32 heavy (non-hydrogen) atoms. The van der Waals surface area contributed by atoms with Crippen molar-refractivity contribution in [3.63, 3.8) is 0 Å². The number of ether oxygens (including phenoxy) is 2. The highest BCUT2D eigenvalue weighted by molar-refractivity contribution is 6.03. The Kier molecular flexibility index (Phi) is 4.81. The van der Waals surface area contributed by atoms with E-state index < -0.39 is 11.9 Å². The molecule has 0 aliphatic carbocycles. The monoisotopic (exact) mass is 423 g/mol. The molecule has 0 radical (unpaired) electrons. The second kappa shape index (κ2) is 7.93. The molecule has 5 rings (SSSR count). The van der Waals surface area contributed by atoms with Crippen molar-refractivity contribution < 1.29 is 19.1 Å². The summed E-state index contributed by atoms with van der Waals surface area (Å²) in [4.78, 5) is 27.3. The van der Waals surface area contributed by atoms with Crippen molar-refractivity contribution in [2.24, 2.45) is 0 Å². The van der Waals surface area contributed by atoms with Crippen LogP contribution in [0.2, 0.25) is 0 Å². The molecular weight excluding hydrogens is 406 g/mol. The van der Waals surface area contributed by atoms with Gasteiger partial charge in [-0.1, -0.05) is 48.5 Å². The van der Waals surface area contributed by atoms with Gasteiger partial charge in [-0.05, 0) is 24.3 Å². The van der Waals surface area contributed by atoms with Gasteiger partial charge >= 0.3 is 5.97 Å². The first-order valence-corrected chi connectivity index (χ1v) is 9.98. The van der Waals surface area contributed by atoms with E-state index in [2.05, 4.69) is 5.32 Å². The van der Waals surface area contributed by atoms with Crippen LogP contribution in [0.5, 0.6) is 11.5 Å². The van der Waals surface area contributed by atoms with Gasteiger partial charge in [0.25, 0.3) is 5.91 Å². The van der Waals surface area contributed by atoms with Gasteiger partial charge in [0.15, 0.2) is 5.82 Å². The lowest BCUT2D eigenvalue weighted by atomic mass is 9.88. The van der Waals surface area contributed by atoms with Crippen LogP contribution in [0.3, 0.4) is 0 Å². The maximum Gasteiger partial charge on any atom is 0.323 e. The summed E-state index contributed by atoms with van der Waals surface area (Å²) in [6.07, 6.45) is 1.19. The molecule has 0 spiro atoms. The summed E-state index contributed by atoms with van der Waals surface area (Å²) in [6, 6.07) is 23.5. The molecule has 0 fully saturated rings. The first-order valence-electron chi connectivity index (χ1n) is 9.98. The fraction of sp³-hybridized carbons (Fsp3) is 0.0800. The quantitative estimate of drug-likeness (QED) is 0.382. The van der Waals surface area contributed by atoms with Crippen molar-refractivity contribution in [1.29, 1.82) is 5.26 Å². The number of benzene rings is 3. The van der Waals surface area contributed by atoms with Crippen LogP contribution in [0.1, 0.15) is 27.4 Å². The molecule has 0 atom stereocenters. The third-order valence-electron chi connectivity index (χ3n) is 5.39. The molecule has 7 nitrogen and oxygen atoms in total. The molecule has 3 aromatic rings. The van der Waals surface area contributed by atoms with Gasteiger partial charge in [-0.15, -0.1) is 0 Å². The Bertz CT molecular complexity index is 1260. The lowest BCUT2D eigenvalue weighted by Crippen LogP contribution is -2.38. The van der Waals surface area contributed by atoms with Crippen molar-refractivity contribution >= 4 is 17.6 Å². The average Bonchev–Trinajstić information content (AvgIpc) is 2.83. The number of nitriles is 1. The number of hydrogen-bond donors (Lipinski definition) is 1. The molecule has 2 aliphatic rings. The number of anilines is 1. The van der Waals surface area contributed by atoms with Crippen LogP contribution in [0.15, 0.2) is 84.9 Å². The number of esters is 1. The van der Waals surface area contributed by atoms with Crippen molar-refractivity contribution in [3.05, 3.63) is 102 Å². The molecule has 3 aromatic carbocycles. The molecule has 0 bridgehead atoms. The molecule has 2 aliphatic heterocycles. The zero-order valence-electron chi connectivity index (χ0n) is 16.8.